The zero-order valence-electron chi connectivity index (χ0n) is 19.0. The lowest BCUT2D eigenvalue weighted by molar-refractivity contribution is 0.0693. The minimum absolute atomic E-state index is 0.0686. The van der Waals surface area contributed by atoms with Crippen LogP contribution in [0.5, 0.6) is 5.75 Å². The summed E-state index contributed by atoms with van der Waals surface area (Å²) in [6.07, 6.45) is 1.42. The molecule has 0 bridgehead atoms. The molecule has 0 aliphatic rings. The first-order valence-corrected chi connectivity index (χ1v) is 11.2. The first-order chi connectivity index (χ1) is 16.3. The lowest BCUT2D eigenvalue weighted by atomic mass is 10.1. The summed E-state index contributed by atoms with van der Waals surface area (Å²) in [7, 11) is 0. The molecule has 9 heteroatoms. The predicted octanol–water partition coefficient (Wildman–Crippen LogP) is 5.72. The predicted molar refractivity (Wildman–Crippen MR) is 130 cm³/mol. The van der Waals surface area contributed by atoms with Crippen LogP contribution in [0, 0.1) is 19.7 Å². The number of benzene rings is 2. The number of carboxylic acid groups (broad SMARTS) is 1. The van der Waals surface area contributed by atoms with Crippen LogP contribution >= 0.6 is 11.6 Å². The average Bonchev–Trinajstić information content (AvgIpc) is 3.09. The third kappa shape index (κ3) is 4.68. The van der Waals surface area contributed by atoms with Crippen LogP contribution in [-0.2, 0) is 6.54 Å². The molecule has 0 aliphatic heterocycles. The van der Waals surface area contributed by atoms with Crippen LogP contribution in [0.4, 0.5) is 10.2 Å². The van der Waals surface area contributed by atoms with Crippen molar-refractivity contribution in [2.24, 2.45) is 0 Å². The van der Waals surface area contributed by atoms with E-state index in [2.05, 4.69) is 25.9 Å². The number of hydrogen-bond donors (Lipinski definition) is 2. The molecule has 0 atom stereocenters. The summed E-state index contributed by atoms with van der Waals surface area (Å²) in [5, 5.41) is 13.8. The Labute approximate surface area is 201 Å². The first-order valence-electron chi connectivity index (χ1n) is 10.8. The van der Waals surface area contributed by atoms with E-state index in [1.54, 1.807) is 37.3 Å². The second-order valence-corrected chi connectivity index (χ2v) is 8.28. The van der Waals surface area contributed by atoms with Crippen molar-refractivity contribution < 1.29 is 19.0 Å². The number of carboxylic acids is 1. The molecule has 34 heavy (non-hydrogen) atoms. The fourth-order valence-corrected chi connectivity index (χ4v) is 4.33. The van der Waals surface area contributed by atoms with Crippen LogP contribution < -0.4 is 10.1 Å². The van der Waals surface area contributed by atoms with Crippen LogP contribution in [-0.4, -0.2) is 38.8 Å². The number of aromatic nitrogens is 3. The molecular formula is C25H24ClFN4O3. The minimum atomic E-state index is -1.16. The number of rotatable bonds is 8. The van der Waals surface area contributed by atoms with Gasteiger partial charge in [-0.15, -0.1) is 0 Å². The molecule has 4 aromatic rings. The second-order valence-electron chi connectivity index (χ2n) is 7.88. The van der Waals surface area contributed by atoms with E-state index in [1.807, 2.05) is 13.8 Å². The van der Waals surface area contributed by atoms with Gasteiger partial charge in [0.1, 0.15) is 29.3 Å². The molecule has 0 spiro atoms. The van der Waals surface area contributed by atoms with Gasteiger partial charge in [0.2, 0.25) is 0 Å². The van der Waals surface area contributed by atoms with Gasteiger partial charge in [-0.1, -0.05) is 11.6 Å². The lowest BCUT2D eigenvalue weighted by Crippen LogP contribution is -2.12. The van der Waals surface area contributed by atoms with Crippen molar-refractivity contribution in [1.29, 1.82) is 0 Å². The number of halogens is 2. The van der Waals surface area contributed by atoms with Crippen molar-refractivity contribution in [2.75, 3.05) is 18.5 Å². The van der Waals surface area contributed by atoms with Crippen LogP contribution in [0.3, 0.4) is 0 Å². The number of nitrogens with one attached hydrogen (secondary N) is 1. The number of carbonyl (C=O) groups is 1. The molecule has 0 aliphatic carbocycles. The zero-order valence-corrected chi connectivity index (χ0v) is 19.8. The SMILES string of the molecule is CCOc1cc(-c2cc(NCCn3c(C)cc4c(C)cc(F)cc43)ncn2)cc(Cl)c1C(=O)O. The maximum atomic E-state index is 14.0. The Morgan fingerprint density at radius 2 is 1.97 bits per heavy atom. The smallest absolute Gasteiger partial charge is 0.341 e. The fourth-order valence-electron chi connectivity index (χ4n) is 4.04. The largest absolute Gasteiger partial charge is 0.493 e. The van der Waals surface area contributed by atoms with Crippen molar-refractivity contribution >= 4 is 34.3 Å². The number of anilines is 1. The molecule has 0 saturated heterocycles. The fraction of sp³-hybridized carbons (Fsp3) is 0.240. The Kier molecular flexibility index (Phi) is 6.70. The molecule has 2 heterocycles. The highest BCUT2D eigenvalue weighted by molar-refractivity contribution is 6.34. The van der Waals surface area contributed by atoms with Gasteiger partial charge in [-0.3, -0.25) is 0 Å². The maximum Gasteiger partial charge on any atom is 0.341 e. The van der Waals surface area contributed by atoms with E-state index in [0.29, 0.717) is 36.8 Å². The highest BCUT2D eigenvalue weighted by Crippen LogP contribution is 2.33. The van der Waals surface area contributed by atoms with Gasteiger partial charge in [-0.25, -0.2) is 19.2 Å². The van der Waals surface area contributed by atoms with Gasteiger partial charge in [-0.2, -0.15) is 0 Å². The van der Waals surface area contributed by atoms with Crippen molar-refractivity contribution in [3.8, 4) is 17.0 Å². The molecule has 2 aromatic heterocycles. The summed E-state index contributed by atoms with van der Waals surface area (Å²) in [4.78, 5) is 20.1. The molecule has 2 aromatic carbocycles. The van der Waals surface area contributed by atoms with Crippen molar-refractivity contribution in [2.45, 2.75) is 27.3 Å². The molecule has 0 amide bonds. The van der Waals surface area contributed by atoms with Crippen LogP contribution in [0.2, 0.25) is 5.02 Å². The molecule has 0 fully saturated rings. The van der Waals surface area contributed by atoms with Crippen molar-refractivity contribution in [3.05, 3.63) is 70.4 Å². The molecule has 4 rings (SSSR count). The summed E-state index contributed by atoms with van der Waals surface area (Å²) < 4.78 is 21.5. The Bertz CT molecular complexity index is 1390. The Balaban J connectivity index is 1.55. The quantitative estimate of drug-likeness (QED) is 0.334. The van der Waals surface area contributed by atoms with Crippen molar-refractivity contribution in [3.63, 3.8) is 0 Å². The van der Waals surface area contributed by atoms with E-state index in [0.717, 1.165) is 22.2 Å². The van der Waals surface area contributed by atoms with Gasteiger partial charge in [0.25, 0.3) is 0 Å². The van der Waals surface area contributed by atoms with E-state index < -0.39 is 5.97 Å². The number of aryl methyl sites for hydroxylation is 2. The maximum absolute atomic E-state index is 14.0. The van der Waals surface area contributed by atoms with E-state index in [4.69, 9.17) is 16.3 Å². The Hall–Kier alpha value is -3.65. The summed E-state index contributed by atoms with van der Waals surface area (Å²) in [6, 6.07) is 10.1. The summed E-state index contributed by atoms with van der Waals surface area (Å²) in [5.74, 6) is -0.634. The van der Waals surface area contributed by atoms with Gasteiger partial charge in [-0.05, 0) is 56.7 Å². The van der Waals surface area contributed by atoms with Gasteiger partial charge in [0.15, 0.2) is 0 Å². The van der Waals surface area contributed by atoms with E-state index in [1.165, 1.54) is 6.33 Å². The number of aromatic carboxylic acids is 1. The van der Waals surface area contributed by atoms with Crippen LogP contribution in [0.15, 0.2) is 42.7 Å². The third-order valence-corrected chi connectivity index (χ3v) is 5.87. The standard InChI is InChI=1S/C25H24ClFN4O3/c1-4-34-22-10-16(9-19(26)24(22)25(32)33)20-12-23(30-13-29-20)28-5-6-31-15(3)8-18-14(2)7-17(27)11-21(18)31/h7-13H,4-6H2,1-3H3,(H,32,33)(H,28,29,30). The van der Waals surface area contributed by atoms with Crippen molar-refractivity contribution in [1.82, 2.24) is 14.5 Å². The lowest BCUT2D eigenvalue weighted by Gasteiger charge is -2.13. The number of nitrogens with zero attached hydrogens (tertiary/aromatic N) is 3. The van der Waals surface area contributed by atoms with Gasteiger partial charge >= 0.3 is 5.97 Å². The molecule has 2 N–H and O–H groups in total. The molecule has 7 nitrogen and oxygen atoms in total. The Morgan fingerprint density at radius 1 is 1.18 bits per heavy atom. The van der Waals surface area contributed by atoms with E-state index >= 15 is 0 Å². The minimum Gasteiger partial charge on any atom is -0.493 e. The second kappa shape index (κ2) is 9.69. The number of fused-ring (bicyclic) bond motifs is 1. The molecule has 176 valence electrons. The normalized spacial score (nSPS) is 11.1. The Morgan fingerprint density at radius 3 is 2.71 bits per heavy atom. The number of hydrogen-bond acceptors (Lipinski definition) is 5. The van der Waals surface area contributed by atoms with E-state index in [9.17, 15) is 14.3 Å². The van der Waals surface area contributed by atoms with Gasteiger partial charge in [0, 0.05) is 35.8 Å². The first kappa shape index (κ1) is 23.5. The van der Waals surface area contributed by atoms with Gasteiger partial charge < -0.3 is 19.7 Å². The topological polar surface area (TPSA) is 89.3 Å². The average molecular weight is 483 g/mol. The molecule has 0 unspecified atom stereocenters. The van der Waals surface area contributed by atoms with Crippen LogP contribution in [0.1, 0.15) is 28.5 Å². The highest BCUT2D eigenvalue weighted by atomic mass is 35.5. The van der Waals surface area contributed by atoms with E-state index in [-0.39, 0.29) is 22.2 Å². The third-order valence-electron chi connectivity index (χ3n) is 5.57. The highest BCUT2D eigenvalue weighted by Gasteiger charge is 2.19. The summed E-state index contributed by atoms with van der Waals surface area (Å²) in [5.41, 5.74) is 3.91. The molecule has 0 radical (unpaired) electrons. The number of ether oxygens (including phenoxy) is 1. The summed E-state index contributed by atoms with van der Waals surface area (Å²) in [6.45, 7) is 7.14. The summed E-state index contributed by atoms with van der Waals surface area (Å²) >= 11 is 6.23. The molecule has 0 saturated carbocycles. The molecular weight excluding hydrogens is 459 g/mol. The van der Waals surface area contributed by atoms with Crippen LogP contribution in [0.25, 0.3) is 22.2 Å². The monoisotopic (exact) mass is 482 g/mol. The zero-order chi connectivity index (χ0) is 24.4. The van der Waals surface area contributed by atoms with Gasteiger partial charge in [0.05, 0.1) is 22.8 Å².